The minimum atomic E-state index is -3.63. The number of rotatable bonds is 17. The molecule has 20 nitrogen and oxygen atoms in total. The van der Waals surface area contributed by atoms with Crippen molar-refractivity contribution in [2.24, 2.45) is 28.6 Å². The van der Waals surface area contributed by atoms with Gasteiger partial charge in [0.25, 0.3) is 11.8 Å². The molecule has 0 aromatic heterocycles. The van der Waals surface area contributed by atoms with E-state index < -0.39 is 112 Å². The number of hydrogen-bond acceptors (Lipinski definition) is 16. The topological polar surface area (TPSA) is 257 Å². The van der Waals surface area contributed by atoms with Crippen molar-refractivity contribution in [3.05, 3.63) is 48.1 Å². The van der Waals surface area contributed by atoms with E-state index in [2.05, 4.69) is 10.6 Å². The number of allylic oxidation sites excluding steroid dienone is 3. The van der Waals surface area contributed by atoms with Crippen molar-refractivity contribution >= 4 is 57.3 Å². The number of nitrogens with one attached hydrogen (secondary N) is 2. The lowest BCUT2D eigenvalue weighted by atomic mass is 9.55. The van der Waals surface area contributed by atoms with E-state index in [1.54, 1.807) is 20.8 Å². The molecule has 0 saturated carbocycles. The highest BCUT2D eigenvalue weighted by Crippen LogP contribution is 2.57. The van der Waals surface area contributed by atoms with E-state index in [9.17, 15) is 46.8 Å². The molecule has 0 radical (unpaired) electrons. The smallest absolute Gasteiger partial charge is 0.335 e. The first-order valence-corrected chi connectivity index (χ1v) is 26.6. The number of nitrogens with zero attached hydrogens (tertiary/aromatic N) is 2. The molecule has 2 saturated heterocycles. The molecule has 0 aromatic rings. The van der Waals surface area contributed by atoms with E-state index in [0.29, 0.717) is 45.1 Å². The predicted octanol–water partition coefficient (Wildman–Crippen LogP) is 2.65. The number of hydrogen-bond donors (Lipinski definition) is 2. The number of imide groups is 1. The third-order valence-electron chi connectivity index (χ3n) is 14.2. The number of esters is 3. The molecule has 9 atom stereocenters. The van der Waals surface area contributed by atoms with Crippen molar-refractivity contribution in [2.75, 3.05) is 64.8 Å². The van der Waals surface area contributed by atoms with Crippen LogP contribution in [-0.2, 0) is 76.6 Å². The maximum atomic E-state index is 14.6. The van der Waals surface area contributed by atoms with Crippen LogP contribution >= 0.6 is 0 Å². The number of cyclic esters (lactones) is 2. The Hall–Kier alpha value is -5.25. The molecule has 5 amide bonds. The SMILES string of the molecule is CC1=CC2O[C@@H]3C[C@H]4OC(=O)/C=C\C=C\C(=O)OCC[C@@H](C)[C@H](OCN(CCS(C)(=O)=O)C(=O)CNC(=O)[C@@H](NC(=O)CCCCCN5C(=O)C=CC5=O)C(C)C)C(=O)OC[C@@]2(CC1)[C@]4(C)COC[C@H]3C. The highest BCUT2D eigenvalue weighted by molar-refractivity contribution is 7.90. The van der Waals surface area contributed by atoms with Gasteiger partial charge in [0, 0.05) is 73.2 Å². The van der Waals surface area contributed by atoms with Gasteiger partial charge in [0.05, 0.1) is 44.3 Å². The van der Waals surface area contributed by atoms with Crippen LogP contribution in [0.2, 0.25) is 0 Å². The molecule has 4 aliphatic heterocycles. The number of fused-ring (bicyclic) bond motifs is 1. The van der Waals surface area contributed by atoms with E-state index in [1.165, 1.54) is 30.4 Å². The highest BCUT2D eigenvalue weighted by atomic mass is 32.2. The highest BCUT2D eigenvalue weighted by Gasteiger charge is 2.63. The van der Waals surface area contributed by atoms with Crippen LogP contribution in [0.5, 0.6) is 0 Å². The summed E-state index contributed by atoms with van der Waals surface area (Å²) in [6, 6.07) is -1.03. The Bertz CT molecular complexity index is 2210. The first-order valence-electron chi connectivity index (χ1n) is 24.5. The van der Waals surface area contributed by atoms with Crippen molar-refractivity contribution in [1.82, 2.24) is 20.4 Å². The molecule has 1 unspecified atom stereocenters. The fourth-order valence-corrected chi connectivity index (χ4v) is 10.1. The average molecular weight is 1020 g/mol. The van der Waals surface area contributed by atoms with Gasteiger partial charge in [0.1, 0.15) is 35.3 Å². The van der Waals surface area contributed by atoms with Crippen molar-refractivity contribution in [2.45, 2.75) is 123 Å². The number of amides is 5. The van der Waals surface area contributed by atoms with E-state index in [-0.39, 0.29) is 69.6 Å². The van der Waals surface area contributed by atoms with Gasteiger partial charge in [-0.3, -0.25) is 28.9 Å². The Balaban J connectivity index is 1.32. The van der Waals surface area contributed by atoms with Crippen LogP contribution in [0.15, 0.2) is 48.1 Å². The second-order valence-corrected chi connectivity index (χ2v) is 22.3. The summed E-state index contributed by atoms with van der Waals surface area (Å²) in [4.78, 5) is 107. The zero-order valence-electron chi connectivity index (χ0n) is 42.0. The second-order valence-electron chi connectivity index (χ2n) is 20.1. The number of carbonyl (C=O) groups excluding carboxylic acids is 8. The van der Waals surface area contributed by atoms with Gasteiger partial charge in [-0.1, -0.05) is 64.8 Å². The quantitative estimate of drug-likeness (QED) is 0.0530. The van der Waals surface area contributed by atoms with Gasteiger partial charge in [0.15, 0.2) is 6.10 Å². The molecule has 2 fully saturated rings. The predicted molar refractivity (Wildman–Crippen MR) is 256 cm³/mol. The van der Waals surface area contributed by atoms with Crippen molar-refractivity contribution in [1.29, 1.82) is 0 Å². The normalized spacial score (nSPS) is 29.9. The summed E-state index contributed by atoms with van der Waals surface area (Å²) in [5, 5.41) is 5.26. The van der Waals surface area contributed by atoms with Crippen LogP contribution in [0.3, 0.4) is 0 Å². The molecule has 4 heterocycles. The first kappa shape index (κ1) is 56.7. The van der Waals surface area contributed by atoms with Crippen LogP contribution in [0.1, 0.15) is 92.9 Å². The number of carbonyl (C=O) groups is 8. The first-order chi connectivity index (χ1) is 33.5. The standard InChI is InChI=1S/C50H72N4O16S/c1-32(2)45(52-39(55)13-9-8-12-21-54-40(56)16-17-41(54)57)47(61)51-27-42(58)53(22-24-71(7,63)64)31-68-46-34(4)19-23-66-43(59)14-10-11-15-44(60)70-37-26-36-35(5)28-65-29-49(37,6)50(30-67-48(46)62)20-18-33(3)25-38(50)69-36/h10-11,14-17,25,32,34-38,45-46H,8-9,12-13,18-24,26-31H2,1-7H3,(H,51,61)(H,52,55)/b14-10+,15-11-/t34-,35-,36-,37-,38?,45+,46+,49-,50-/m1/s1. The van der Waals surface area contributed by atoms with E-state index in [0.717, 1.165) is 27.7 Å². The molecular weight excluding hydrogens is 945 g/mol. The van der Waals surface area contributed by atoms with Crippen LogP contribution in [-0.4, -0.2) is 161 Å². The van der Waals surface area contributed by atoms with Crippen LogP contribution < -0.4 is 10.6 Å². The van der Waals surface area contributed by atoms with E-state index >= 15 is 0 Å². The fourth-order valence-electron chi connectivity index (χ4n) is 9.54. The lowest BCUT2D eigenvalue weighted by Crippen LogP contribution is -2.59. The molecule has 4 bridgehead atoms. The molecule has 21 heteroatoms. The van der Waals surface area contributed by atoms with Gasteiger partial charge >= 0.3 is 17.9 Å². The number of sulfone groups is 1. The molecular formula is C50H72N4O16S. The Morgan fingerprint density at radius 3 is 2.34 bits per heavy atom. The van der Waals surface area contributed by atoms with E-state index in [1.807, 2.05) is 26.8 Å². The lowest BCUT2D eigenvalue weighted by Gasteiger charge is -2.53. The lowest BCUT2D eigenvalue weighted by molar-refractivity contribution is -0.197. The molecule has 0 aromatic carbocycles. The largest absolute Gasteiger partial charge is 0.463 e. The third-order valence-corrected chi connectivity index (χ3v) is 15.1. The minimum Gasteiger partial charge on any atom is -0.463 e. The summed E-state index contributed by atoms with van der Waals surface area (Å²) < 4.78 is 62.1. The Morgan fingerprint density at radius 2 is 1.65 bits per heavy atom. The Kier molecular flexibility index (Phi) is 20.3. The van der Waals surface area contributed by atoms with Crippen molar-refractivity contribution < 1.29 is 75.2 Å². The molecule has 5 rings (SSSR count). The maximum Gasteiger partial charge on any atom is 0.335 e. The van der Waals surface area contributed by atoms with Crippen LogP contribution in [0.25, 0.3) is 0 Å². The zero-order valence-corrected chi connectivity index (χ0v) is 42.8. The second kappa shape index (κ2) is 25.4. The van der Waals surface area contributed by atoms with Crippen LogP contribution in [0.4, 0.5) is 0 Å². The van der Waals surface area contributed by atoms with Crippen molar-refractivity contribution in [3.8, 4) is 0 Å². The summed E-state index contributed by atoms with van der Waals surface area (Å²) in [5.74, 6) is -6.39. The summed E-state index contributed by atoms with van der Waals surface area (Å²) >= 11 is 0. The average Bonchev–Trinajstić information content (AvgIpc) is 3.59. The molecule has 5 aliphatic rings. The Labute approximate surface area is 416 Å². The van der Waals surface area contributed by atoms with Crippen LogP contribution in [0, 0.1) is 28.6 Å². The van der Waals surface area contributed by atoms with E-state index in [4.69, 9.17) is 28.4 Å². The third kappa shape index (κ3) is 15.4. The van der Waals surface area contributed by atoms with Gasteiger partial charge in [-0.25, -0.2) is 22.8 Å². The summed E-state index contributed by atoms with van der Waals surface area (Å²) in [6.07, 6.45) is 10.6. The van der Waals surface area contributed by atoms with Gasteiger partial charge < -0.3 is 44.0 Å². The molecule has 394 valence electrons. The summed E-state index contributed by atoms with van der Waals surface area (Å²) in [7, 11) is -3.63. The van der Waals surface area contributed by atoms with Gasteiger partial charge in [0.2, 0.25) is 17.7 Å². The molecule has 1 aliphatic carbocycles. The summed E-state index contributed by atoms with van der Waals surface area (Å²) in [5.41, 5.74) is -0.830. The van der Waals surface area contributed by atoms with Gasteiger partial charge in [-0.15, -0.1) is 0 Å². The maximum absolute atomic E-state index is 14.6. The number of unbranched alkanes of at least 4 members (excludes halogenated alkanes) is 2. The summed E-state index contributed by atoms with van der Waals surface area (Å²) in [6.45, 7) is 9.93. The van der Waals surface area contributed by atoms with Gasteiger partial charge in [-0.05, 0) is 50.9 Å². The van der Waals surface area contributed by atoms with Gasteiger partial charge in [-0.2, -0.15) is 0 Å². The number of ether oxygens (including phenoxy) is 6. The molecule has 71 heavy (non-hydrogen) atoms. The molecule has 2 N–H and O–H groups in total. The van der Waals surface area contributed by atoms with Crippen molar-refractivity contribution in [3.63, 3.8) is 0 Å². The minimum absolute atomic E-state index is 0.0702. The monoisotopic (exact) mass is 1020 g/mol. The molecule has 1 spiro atoms. The fraction of sp³-hybridized carbons (Fsp3) is 0.680. The Morgan fingerprint density at radius 1 is 0.944 bits per heavy atom. The zero-order chi connectivity index (χ0) is 52.1.